The number of nitrogens with two attached hydrogens (primary N) is 1. The molecule has 2 aliphatic heterocycles. The summed E-state index contributed by atoms with van der Waals surface area (Å²) in [5.41, 5.74) is 7.12. The van der Waals surface area contributed by atoms with Crippen LogP contribution in [0.3, 0.4) is 0 Å². The molecule has 0 aromatic heterocycles. The Bertz CT molecular complexity index is 525. The van der Waals surface area contributed by atoms with Gasteiger partial charge in [0.25, 0.3) is 0 Å². The van der Waals surface area contributed by atoms with Gasteiger partial charge < -0.3 is 15.5 Å². The molecule has 0 saturated carbocycles. The van der Waals surface area contributed by atoms with Crippen LogP contribution < -0.4 is 5.73 Å². The van der Waals surface area contributed by atoms with Gasteiger partial charge in [-0.3, -0.25) is 4.79 Å². The highest BCUT2D eigenvalue weighted by molar-refractivity contribution is 5.83. The first kappa shape index (κ1) is 17.4. The van der Waals surface area contributed by atoms with E-state index in [2.05, 4.69) is 11.8 Å². The number of amides is 1. The summed E-state index contributed by atoms with van der Waals surface area (Å²) in [5, 5.41) is 0. The van der Waals surface area contributed by atoms with Gasteiger partial charge in [0.2, 0.25) is 5.91 Å². The summed E-state index contributed by atoms with van der Waals surface area (Å²) in [6, 6.07) is 9.20. The summed E-state index contributed by atoms with van der Waals surface area (Å²) in [5.74, 6) is 1.55. The van der Waals surface area contributed by atoms with Gasteiger partial charge in [-0.1, -0.05) is 37.3 Å². The molecule has 2 N–H and O–H groups in total. The summed E-state index contributed by atoms with van der Waals surface area (Å²) < 4.78 is 0. The van der Waals surface area contributed by atoms with E-state index in [1.807, 2.05) is 35.2 Å². The molecule has 2 atom stereocenters. The molecular formula is C20H31N3O. The Morgan fingerprint density at radius 1 is 1.17 bits per heavy atom. The van der Waals surface area contributed by atoms with E-state index in [0.29, 0.717) is 5.92 Å². The molecule has 3 rings (SSSR count). The molecule has 132 valence electrons. The van der Waals surface area contributed by atoms with Crippen LogP contribution in [-0.2, 0) is 4.79 Å². The molecule has 0 radical (unpaired) electrons. The minimum absolute atomic E-state index is 0.0816. The largest absolute Gasteiger partial charge is 0.341 e. The van der Waals surface area contributed by atoms with Crippen LogP contribution in [0, 0.1) is 11.8 Å². The minimum atomic E-state index is -0.527. The average Bonchev–Trinajstić information content (AvgIpc) is 2.63. The number of piperidine rings is 2. The van der Waals surface area contributed by atoms with Crippen molar-refractivity contribution in [2.45, 2.75) is 38.6 Å². The van der Waals surface area contributed by atoms with Crippen LogP contribution in [0.2, 0.25) is 0 Å². The molecule has 2 heterocycles. The van der Waals surface area contributed by atoms with Crippen LogP contribution in [-0.4, -0.2) is 48.4 Å². The Morgan fingerprint density at radius 3 is 2.58 bits per heavy atom. The second-order valence-electron chi connectivity index (χ2n) is 7.66. The van der Waals surface area contributed by atoms with Crippen molar-refractivity contribution in [1.82, 2.24) is 9.80 Å². The van der Waals surface area contributed by atoms with Crippen LogP contribution in [0.15, 0.2) is 30.3 Å². The first-order valence-corrected chi connectivity index (χ1v) is 9.45. The third kappa shape index (κ3) is 4.37. The number of rotatable bonds is 4. The summed E-state index contributed by atoms with van der Waals surface area (Å²) in [6.07, 6.45) is 4.96. The van der Waals surface area contributed by atoms with Gasteiger partial charge in [0.15, 0.2) is 0 Å². The van der Waals surface area contributed by atoms with Crippen molar-refractivity contribution in [3.8, 4) is 0 Å². The third-order valence-corrected chi connectivity index (χ3v) is 5.65. The molecule has 4 nitrogen and oxygen atoms in total. The molecule has 0 bridgehead atoms. The zero-order valence-corrected chi connectivity index (χ0v) is 14.9. The molecule has 2 aliphatic rings. The smallest absolute Gasteiger partial charge is 0.244 e. The van der Waals surface area contributed by atoms with Gasteiger partial charge in [-0.05, 0) is 56.2 Å². The minimum Gasteiger partial charge on any atom is -0.341 e. The second kappa shape index (κ2) is 8.13. The monoisotopic (exact) mass is 329 g/mol. The van der Waals surface area contributed by atoms with E-state index in [0.717, 1.165) is 37.5 Å². The van der Waals surface area contributed by atoms with Crippen LogP contribution in [0.1, 0.15) is 44.2 Å². The Morgan fingerprint density at radius 2 is 1.88 bits per heavy atom. The molecule has 4 heteroatoms. The normalized spacial score (nSPS) is 24.8. The summed E-state index contributed by atoms with van der Waals surface area (Å²) in [6.45, 7) is 7.64. The first-order chi connectivity index (χ1) is 11.6. The fourth-order valence-electron chi connectivity index (χ4n) is 4.02. The zero-order valence-electron chi connectivity index (χ0n) is 14.9. The van der Waals surface area contributed by atoms with Crippen molar-refractivity contribution in [3.63, 3.8) is 0 Å². The summed E-state index contributed by atoms with van der Waals surface area (Å²) in [4.78, 5) is 17.4. The lowest BCUT2D eigenvalue weighted by atomic mass is 9.93. The molecule has 1 amide bonds. The van der Waals surface area contributed by atoms with Crippen LogP contribution >= 0.6 is 0 Å². The number of hydrogen-bond donors (Lipinski definition) is 1. The van der Waals surface area contributed by atoms with Crippen molar-refractivity contribution in [2.24, 2.45) is 17.6 Å². The topological polar surface area (TPSA) is 49.6 Å². The van der Waals surface area contributed by atoms with E-state index in [4.69, 9.17) is 5.73 Å². The van der Waals surface area contributed by atoms with Crippen LogP contribution in [0.4, 0.5) is 0 Å². The lowest BCUT2D eigenvalue weighted by Gasteiger charge is -2.38. The number of carbonyl (C=O) groups is 1. The molecule has 1 aromatic rings. The van der Waals surface area contributed by atoms with Gasteiger partial charge >= 0.3 is 0 Å². The lowest BCUT2D eigenvalue weighted by Crippen LogP contribution is -2.47. The van der Waals surface area contributed by atoms with Gasteiger partial charge in [0.05, 0.1) is 0 Å². The van der Waals surface area contributed by atoms with E-state index < -0.39 is 6.04 Å². The molecule has 2 saturated heterocycles. The molecular weight excluding hydrogens is 298 g/mol. The van der Waals surface area contributed by atoms with Gasteiger partial charge in [0, 0.05) is 19.6 Å². The van der Waals surface area contributed by atoms with Crippen molar-refractivity contribution >= 4 is 5.91 Å². The number of hydrogen-bond acceptors (Lipinski definition) is 3. The molecule has 1 aromatic carbocycles. The van der Waals surface area contributed by atoms with E-state index in [-0.39, 0.29) is 5.91 Å². The van der Waals surface area contributed by atoms with E-state index in [1.54, 1.807) is 0 Å². The maximum absolute atomic E-state index is 12.8. The molecule has 2 unspecified atom stereocenters. The predicted molar refractivity (Wildman–Crippen MR) is 97.5 cm³/mol. The van der Waals surface area contributed by atoms with Gasteiger partial charge in [-0.2, -0.15) is 0 Å². The second-order valence-corrected chi connectivity index (χ2v) is 7.66. The fraction of sp³-hybridized carbons (Fsp3) is 0.650. The van der Waals surface area contributed by atoms with E-state index in [1.165, 1.54) is 32.4 Å². The fourth-order valence-corrected chi connectivity index (χ4v) is 4.02. The predicted octanol–water partition coefficient (Wildman–Crippen LogP) is 2.66. The van der Waals surface area contributed by atoms with Gasteiger partial charge in [-0.15, -0.1) is 0 Å². The Kier molecular flexibility index (Phi) is 5.90. The average molecular weight is 329 g/mol. The molecule has 0 aliphatic carbocycles. The molecule has 2 fully saturated rings. The molecule has 24 heavy (non-hydrogen) atoms. The maximum atomic E-state index is 12.8. The molecule has 0 spiro atoms. The Balaban J connectivity index is 1.54. The Hall–Kier alpha value is -1.39. The number of likely N-dealkylation sites (tertiary alicyclic amines) is 2. The van der Waals surface area contributed by atoms with Crippen molar-refractivity contribution < 1.29 is 4.79 Å². The van der Waals surface area contributed by atoms with Crippen molar-refractivity contribution in [1.29, 1.82) is 0 Å². The highest BCUT2D eigenvalue weighted by Gasteiger charge is 2.29. The third-order valence-electron chi connectivity index (χ3n) is 5.65. The number of benzene rings is 1. The van der Waals surface area contributed by atoms with Crippen molar-refractivity contribution in [3.05, 3.63) is 35.9 Å². The van der Waals surface area contributed by atoms with Crippen LogP contribution in [0.5, 0.6) is 0 Å². The maximum Gasteiger partial charge on any atom is 0.244 e. The summed E-state index contributed by atoms with van der Waals surface area (Å²) in [7, 11) is 0. The summed E-state index contributed by atoms with van der Waals surface area (Å²) >= 11 is 0. The van der Waals surface area contributed by atoms with Gasteiger partial charge in [-0.25, -0.2) is 0 Å². The quantitative estimate of drug-likeness (QED) is 0.924. The number of carbonyl (C=O) groups excluding carboxylic acids is 1. The standard InChI is InChI=1S/C20H31N3O/c1-16-9-12-22(13-10-16)14-17-6-5-11-23(15-17)20(24)19(21)18-7-3-2-4-8-18/h2-4,7-8,16-17,19H,5-6,9-15,21H2,1H3. The van der Waals surface area contributed by atoms with E-state index >= 15 is 0 Å². The highest BCUT2D eigenvalue weighted by Crippen LogP contribution is 2.23. The lowest BCUT2D eigenvalue weighted by molar-refractivity contribution is -0.134. The SMILES string of the molecule is CC1CCN(CC2CCCN(C(=O)C(N)c3ccccc3)C2)CC1. The van der Waals surface area contributed by atoms with E-state index in [9.17, 15) is 4.79 Å². The number of nitrogens with zero attached hydrogens (tertiary/aromatic N) is 2. The van der Waals surface area contributed by atoms with Crippen molar-refractivity contribution in [2.75, 3.05) is 32.7 Å². The first-order valence-electron chi connectivity index (χ1n) is 9.45. The van der Waals surface area contributed by atoms with Crippen LogP contribution in [0.25, 0.3) is 0 Å². The zero-order chi connectivity index (χ0) is 16.9. The van der Waals surface area contributed by atoms with Gasteiger partial charge in [0.1, 0.15) is 6.04 Å². The Labute approximate surface area is 146 Å². The highest BCUT2D eigenvalue weighted by atomic mass is 16.2.